The fourth-order valence-corrected chi connectivity index (χ4v) is 3.21. The molecular weight excluding hydrogens is 246 g/mol. The molecule has 1 N–H and O–H groups in total. The van der Waals surface area contributed by atoms with Gasteiger partial charge in [0.15, 0.2) is 0 Å². The van der Waals surface area contributed by atoms with Gasteiger partial charge in [0.2, 0.25) is 0 Å². The Kier molecular flexibility index (Phi) is 5.62. The SMILES string of the molecule is Cc1ccc(CN2CCCCC2CC(C)CO)cc1C. The first kappa shape index (κ1) is 15.5. The van der Waals surface area contributed by atoms with E-state index in [1.165, 1.54) is 42.5 Å². The maximum atomic E-state index is 9.29. The van der Waals surface area contributed by atoms with Crippen molar-refractivity contribution in [3.05, 3.63) is 34.9 Å². The van der Waals surface area contributed by atoms with Gasteiger partial charge in [-0.1, -0.05) is 31.5 Å². The van der Waals surface area contributed by atoms with E-state index in [4.69, 9.17) is 0 Å². The van der Waals surface area contributed by atoms with E-state index >= 15 is 0 Å². The van der Waals surface area contributed by atoms with E-state index in [9.17, 15) is 5.11 Å². The molecule has 0 spiro atoms. The highest BCUT2D eigenvalue weighted by Crippen LogP contribution is 2.25. The summed E-state index contributed by atoms with van der Waals surface area (Å²) in [6, 6.07) is 7.48. The van der Waals surface area contributed by atoms with Crippen LogP contribution in [0.4, 0.5) is 0 Å². The van der Waals surface area contributed by atoms with E-state index in [1.54, 1.807) is 0 Å². The summed E-state index contributed by atoms with van der Waals surface area (Å²) >= 11 is 0. The summed E-state index contributed by atoms with van der Waals surface area (Å²) in [6.45, 7) is 9.10. The average Bonchev–Trinajstić information content (AvgIpc) is 2.45. The number of aliphatic hydroxyl groups is 1. The van der Waals surface area contributed by atoms with Crippen LogP contribution in [0.3, 0.4) is 0 Å². The second-order valence-electron chi connectivity index (χ2n) is 6.56. The molecule has 1 fully saturated rings. The molecule has 0 bridgehead atoms. The van der Waals surface area contributed by atoms with Crippen molar-refractivity contribution in [3.8, 4) is 0 Å². The minimum absolute atomic E-state index is 0.313. The molecule has 1 heterocycles. The third-order valence-electron chi connectivity index (χ3n) is 4.69. The molecule has 2 atom stereocenters. The van der Waals surface area contributed by atoms with E-state index in [1.807, 2.05) is 0 Å². The Hall–Kier alpha value is -0.860. The molecule has 2 heteroatoms. The molecule has 0 saturated carbocycles. The smallest absolute Gasteiger partial charge is 0.0457 e. The Morgan fingerprint density at radius 1 is 1.25 bits per heavy atom. The van der Waals surface area contributed by atoms with Gasteiger partial charge in [-0.2, -0.15) is 0 Å². The molecule has 2 unspecified atom stereocenters. The predicted octanol–water partition coefficient (Wildman–Crippen LogP) is 3.68. The number of rotatable bonds is 5. The summed E-state index contributed by atoms with van der Waals surface area (Å²) in [5.41, 5.74) is 4.19. The molecule has 112 valence electrons. The number of hydrogen-bond acceptors (Lipinski definition) is 2. The number of piperidine rings is 1. The number of likely N-dealkylation sites (tertiary alicyclic amines) is 1. The van der Waals surface area contributed by atoms with Gasteiger partial charge >= 0.3 is 0 Å². The van der Waals surface area contributed by atoms with Crippen LogP contribution >= 0.6 is 0 Å². The number of aryl methyl sites for hydroxylation is 2. The number of aliphatic hydroxyl groups excluding tert-OH is 1. The van der Waals surface area contributed by atoms with Gasteiger partial charge in [-0.05, 0) is 62.3 Å². The monoisotopic (exact) mass is 275 g/mol. The summed E-state index contributed by atoms with van der Waals surface area (Å²) < 4.78 is 0. The van der Waals surface area contributed by atoms with Crippen LogP contribution in [-0.4, -0.2) is 29.2 Å². The van der Waals surface area contributed by atoms with Crippen LogP contribution in [0.15, 0.2) is 18.2 Å². The van der Waals surface area contributed by atoms with Crippen LogP contribution in [-0.2, 0) is 6.54 Å². The molecule has 1 aliphatic rings. The second-order valence-corrected chi connectivity index (χ2v) is 6.56. The zero-order valence-corrected chi connectivity index (χ0v) is 13.2. The van der Waals surface area contributed by atoms with Gasteiger partial charge < -0.3 is 5.11 Å². The van der Waals surface area contributed by atoms with Crippen LogP contribution in [0.2, 0.25) is 0 Å². The molecule has 1 aromatic rings. The van der Waals surface area contributed by atoms with Crippen molar-refractivity contribution in [1.29, 1.82) is 0 Å². The second kappa shape index (κ2) is 7.24. The molecule has 2 nitrogen and oxygen atoms in total. The van der Waals surface area contributed by atoms with Crippen molar-refractivity contribution < 1.29 is 5.11 Å². The summed E-state index contributed by atoms with van der Waals surface area (Å²) in [6.07, 6.45) is 5.07. The minimum Gasteiger partial charge on any atom is -0.396 e. The number of benzene rings is 1. The Bertz CT molecular complexity index is 429. The lowest BCUT2D eigenvalue weighted by atomic mass is 9.93. The first-order valence-electron chi connectivity index (χ1n) is 8.01. The Labute approximate surface area is 123 Å². The quantitative estimate of drug-likeness (QED) is 0.886. The zero-order chi connectivity index (χ0) is 14.5. The van der Waals surface area contributed by atoms with Gasteiger partial charge in [0.1, 0.15) is 0 Å². The third kappa shape index (κ3) is 4.07. The Morgan fingerprint density at radius 2 is 2.05 bits per heavy atom. The highest BCUT2D eigenvalue weighted by molar-refractivity contribution is 5.29. The van der Waals surface area contributed by atoms with E-state index in [0.717, 1.165) is 13.0 Å². The van der Waals surface area contributed by atoms with Crippen LogP contribution in [0.5, 0.6) is 0 Å². The van der Waals surface area contributed by atoms with Crippen LogP contribution in [0.25, 0.3) is 0 Å². The normalized spacial score (nSPS) is 21.9. The number of hydrogen-bond donors (Lipinski definition) is 1. The van der Waals surface area contributed by atoms with Crippen LogP contribution in [0.1, 0.15) is 49.3 Å². The fraction of sp³-hybridized carbons (Fsp3) is 0.667. The molecule has 0 aliphatic carbocycles. The van der Waals surface area contributed by atoms with Gasteiger partial charge in [0, 0.05) is 19.2 Å². The third-order valence-corrected chi connectivity index (χ3v) is 4.69. The van der Waals surface area contributed by atoms with Crippen molar-refractivity contribution in [2.45, 2.75) is 59.0 Å². The molecule has 0 amide bonds. The standard InChI is InChI=1S/C18H29NO/c1-14(13-20)10-18-6-4-5-9-19(18)12-17-8-7-15(2)16(3)11-17/h7-8,11,14,18,20H,4-6,9-10,12-13H2,1-3H3. The highest BCUT2D eigenvalue weighted by Gasteiger charge is 2.23. The maximum absolute atomic E-state index is 9.29. The van der Waals surface area contributed by atoms with Crippen molar-refractivity contribution in [2.24, 2.45) is 5.92 Å². The van der Waals surface area contributed by atoms with Crippen LogP contribution < -0.4 is 0 Å². The molecule has 0 radical (unpaired) electrons. The lowest BCUT2D eigenvalue weighted by Gasteiger charge is -2.37. The van der Waals surface area contributed by atoms with Gasteiger partial charge in [0.05, 0.1) is 0 Å². The average molecular weight is 275 g/mol. The topological polar surface area (TPSA) is 23.5 Å². The van der Waals surface area contributed by atoms with E-state index in [2.05, 4.69) is 43.9 Å². The Morgan fingerprint density at radius 3 is 2.75 bits per heavy atom. The largest absolute Gasteiger partial charge is 0.396 e. The van der Waals surface area contributed by atoms with Crippen LogP contribution in [0, 0.1) is 19.8 Å². The van der Waals surface area contributed by atoms with Gasteiger partial charge in [-0.3, -0.25) is 4.90 Å². The zero-order valence-electron chi connectivity index (χ0n) is 13.2. The summed E-state index contributed by atoms with van der Waals surface area (Å²) in [5, 5.41) is 9.29. The molecule has 20 heavy (non-hydrogen) atoms. The highest BCUT2D eigenvalue weighted by atomic mass is 16.3. The molecule has 1 saturated heterocycles. The molecule has 1 aromatic carbocycles. The lowest BCUT2D eigenvalue weighted by molar-refractivity contribution is 0.105. The molecule has 2 rings (SSSR count). The van der Waals surface area contributed by atoms with E-state index in [-0.39, 0.29) is 0 Å². The molecular formula is C18H29NO. The van der Waals surface area contributed by atoms with Crippen molar-refractivity contribution in [3.63, 3.8) is 0 Å². The number of nitrogens with zero attached hydrogens (tertiary/aromatic N) is 1. The van der Waals surface area contributed by atoms with Gasteiger partial charge in [-0.15, -0.1) is 0 Å². The first-order valence-corrected chi connectivity index (χ1v) is 8.01. The van der Waals surface area contributed by atoms with Gasteiger partial charge in [0.25, 0.3) is 0 Å². The minimum atomic E-state index is 0.313. The lowest BCUT2D eigenvalue weighted by Crippen LogP contribution is -2.40. The molecule has 0 aromatic heterocycles. The predicted molar refractivity (Wildman–Crippen MR) is 84.8 cm³/mol. The first-order chi connectivity index (χ1) is 9.60. The van der Waals surface area contributed by atoms with Crippen molar-refractivity contribution in [2.75, 3.05) is 13.2 Å². The van der Waals surface area contributed by atoms with E-state index < -0.39 is 0 Å². The van der Waals surface area contributed by atoms with Gasteiger partial charge in [-0.25, -0.2) is 0 Å². The van der Waals surface area contributed by atoms with E-state index in [0.29, 0.717) is 18.6 Å². The van der Waals surface area contributed by atoms with Crippen molar-refractivity contribution in [1.82, 2.24) is 4.90 Å². The fourth-order valence-electron chi connectivity index (χ4n) is 3.21. The summed E-state index contributed by atoms with van der Waals surface area (Å²) in [7, 11) is 0. The summed E-state index contributed by atoms with van der Waals surface area (Å²) in [4.78, 5) is 2.62. The molecule has 1 aliphatic heterocycles. The maximum Gasteiger partial charge on any atom is 0.0457 e. The Balaban J connectivity index is 2.02. The summed E-state index contributed by atoms with van der Waals surface area (Å²) in [5.74, 6) is 0.417. The van der Waals surface area contributed by atoms with Crippen molar-refractivity contribution >= 4 is 0 Å².